The number of rotatable bonds is 4. The fourth-order valence-electron chi connectivity index (χ4n) is 3.00. The first kappa shape index (κ1) is 26.0. The Balaban J connectivity index is 0.00000171. The van der Waals surface area contributed by atoms with Crippen LogP contribution >= 0.6 is 23.2 Å². The number of benzene rings is 2. The number of ether oxygens (including phenoxy) is 1. The Bertz CT molecular complexity index is 1300. The van der Waals surface area contributed by atoms with Crippen molar-refractivity contribution in [3.05, 3.63) is 63.9 Å². The molecule has 0 aliphatic carbocycles. The summed E-state index contributed by atoms with van der Waals surface area (Å²) in [4.78, 5) is 19.1. The fraction of sp³-hybridized carbons (Fsp3) is 0.0500. The predicted octanol–water partition coefficient (Wildman–Crippen LogP) is -2.89. The maximum absolute atomic E-state index is 13.0. The minimum Gasteiger partial charge on any atom is -0.858 e. The molecule has 146 valence electrons. The zero-order chi connectivity index (χ0) is 20.7. The van der Waals surface area contributed by atoms with Crippen LogP contribution in [0.3, 0.4) is 0 Å². The summed E-state index contributed by atoms with van der Waals surface area (Å²) in [6.45, 7) is 0. The van der Waals surface area contributed by atoms with E-state index < -0.39 is 11.9 Å². The molecule has 0 saturated carbocycles. The van der Waals surface area contributed by atoms with Gasteiger partial charge in [0.25, 0.3) is 0 Å². The van der Waals surface area contributed by atoms with Crippen molar-refractivity contribution >= 4 is 62.7 Å². The Hall–Kier alpha value is -1.29. The van der Waals surface area contributed by atoms with E-state index in [1.54, 1.807) is 6.07 Å². The van der Waals surface area contributed by atoms with Gasteiger partial charge in [-0.05, 0) is 47.4 Å². The second-order valence-corrected chi connectivity index (χ2v) is 6.80. The molecule has 0 N–H and O–H groups in total. The van der Waals surface area contributed by atoms with Crippen molar-refractivity contribution in [3.63, 3.8) is 0 Å². The van der Waals surface area contributed by atoms with E-state index in [-0.39, 0.29) is 91.6 Å². The molecule has 0 bridgehead atoms. The monoisotopic (exact) mass is 474 g/mol. The van der Waals surface area contributed by atoms with E-state index in [1.165, 1.54) is 43.8 Å². The molecule has 0 spiro atoms. The topological polar surface area (TPSA) is 111 Å². The Labute approximate surface area is 230 Å². The van der Waals surface area contributed by atoms with Gasteiger partial charge in [0.1, 0.15) is 11.3 Å². The average Bonchev–Trinajstić information content (AvgIpc) is 3.08. The van der Waals surface area contributed by atoms with Gasteiger partial charge in [-0.3, -0.25) is 9.98 Å². The van der Waals surface area contributed by atoms with Gasteiger partial charge in [0.2, 0.25) is 0 Å². The maximum atomic E-state index is 13.0. The van der Waals surface area contributed by atoms with Gasteiger partial charge < -0.3 is 24.2 Å². The van der Waals surface area contributed by atoms with Crippen LogP contribution in [-0.2, 0) is 0 Å². The second-order valence-electron chi connectivity index (χ2n) is 5.99. The van der Waals surface area contributed by atoms with Gasteiger partial charge in [0, 0.05) is 23.2 Å². The quantitative estimate of drug-likeness (QED) is 0.178. The van der Waals surface area contributed by atoms with Gasteiger partial charge in [-0.2, -0.15) is 0 Å². The molecule has 0 fully saturated rings. The third kappa shape index (κ3) is 4.89. The van der Waals surface area contributed by atoms with E-state index in [0.29, 0.717) is 22.1 Å². The van der Waals surface area contributed by atoms with Gasteiger partial charge in [-0.1, -0.05) is 23.2 Å². The number of aromatic carboxylic acids is 1. The number of carboxylic acids is 1. The molecule has 2 aromatic carbocycles. The van der Waals surface area contributed by atoms with Gasteiger partial charge in [-0.25, -0.2) is 0 Å². The van der Waals surface area contributed by atoms with Crippen LogP contribution in [0.5, 0.6) is 5.75 Å². The standard InChI is InChI=1S/C20H12Cl2N2O5.2Na/c1-28-15-5-3-10(19(25)24-17-12(21)7-23-8-13(17)22)16-11-6-9(20(26)27)2-4-14(11)29-18(15)16;;/h2-8H,1H3,(H,26,27)(H,23,24,25);;/q;2*+1/p-2. The van der Waals surface area contributed by atoms with Crippen LogP contribution in [0.4, 0.5) is 5.69 Å². The van der Waals surface area contributed by atoms with Crippen LogP contribution in [-0.4, -0.2) is 24.0 Å². The Morgan fingerprint density at radius 1 is 1.10 bits per heavy atom. The molecule has 31 heavy (non-hydrogen) atoms. The minimum atomic E-state index is -1.35. The zero-order valence-electron chi connectivity index (χ0n) is 16.7. The van der Waals surface area contributed by atoms with Crippen molar-refractivity contribution < 1.29 is 83.3 Å². The van der Waals surface area contributed by atoms with Crippen LogP contribution in [0, 0.1) is 0 Å². The Morgan fingerprint density at radius 3 is 2.39 bits per heavy atom. The number of carboxylic acid groups (broad SMARTS) is 1. The molecule has 0 radical (unpaired) electrons. The van der Waals surface area contributed by atoms with E-state index in [1.807, 2.05) is 0 Å². The van der Waals surface area contributed by atoms with E-state index in [2.05, 4.69) is 9.98 Å². The van der Waals surface area contributed by atoms with E-state index in [9.17, 15) is 15.0 Å². The molecule has 2 aromatic heterocycles. The van der Waals surface area contributed by atoms with Gasteiger partial charge in [0.15, 0.2) is 11.3 Å². The molecular formula is C20H10Cl2N2Na2O5. The first-order chi connectivity index (χ1) is 13.9. The van der Waals surface area contributed by atoms with Crippen molar-refractivity contribution in [3.8, 4) is 5.75 Å². The Kier molecular flexibility index (Phi) is 8.84. The number of hydrogen-bond acceptors (Lipinski definition) is 7. The molecule has 4 rings (SSSR count). The van der Waals surface area contributed by atoms with Crippen molar-refractivity contribution in [1.29, 1.82) is 0 Å². The van der Waals surface area contributed by atoms with Crippen LogP contribution in [0.15, 0.2) is 52.1 Å². The summed E-state index contributed by atoms with van der Waals surface area (Å²) in [5, 5.41) is 25.3. The van der Waals surface area contributed by atoms with Crippen LogP contribution in [0.2, 0.25) is 10.0 Å². The van der Waals surface area contributed by atoms with Gasteiger partial charge >= 0.3 is 59.1 Å². The number of aromatic nitrogens is 1. The summed E-state index contributed by atoms with van der Waals surface area (Å²) in [5.41, 5.74) is 0.854. The normalized spacial score (nSPS) is 11.1. The molecule has 4 aromatic rings. The summed E-state index contributed by atoms with van der Waals surface area (Å²) in [6.07, 6.45) is 2.64. The SMILES string of the molecule is COc1ccc(C([O-])=Nc2c(Cl)cncc2Cl)c2c1oc1ccc(C(=O)[O-])cc12.[Na+].[Na+]. The largest absolute Gasteiger partial charge is 1.00 e. The molecular weight excluding hydrogens is 465 g/mol. The molecule has 0 aliphatic heterocycles. The van der Waals surface area contributed by atoms with E-state index in [4.69, 9.17) is 32.4 Å². The van der Waals surface area contributed by atoms with E-state index in [0.717, 1.165) is 0 Å². The first-order valence-electron chi connectivity index (χ1n) is 8.20. The number of hydrogen-bond donors (Lipinski definition) is 0. The molecule has 11 heteroatoms. The number of fused-ring (bicyclic) bond motifs is 3. The number of furan rings is 1. The number of pyridine rings is 1. The number of nitrogens with zero attached hydrogens (tertiary/aromatic N) is 2. The smallest absolute Gasteiger partial charge is 0.858 e. The summed E-state index contributed by atoms with van der Waals surface area (Å²) in [7, 11) is 1.46. The number of carbonyl (C=O) groups is 1. The first-order valence-corrected chi connectivity index (χ1v) is 8.96. The van der Waals surface area contributed by atoms with Crippen molar-refractivity contribution in [2.45, 2.75) is 0 Å². The molecule has 0 saturated heterocycles. The summed E-state index contributed by atoms with van der Waals surface area (Å²) in [5.74, 6) is -1.62. The van der Waals surface area contributed by atoms with Gasteiger partial charge in [-0.15, -0.1) is 0 Å². The second kappa shape index (κ2) is 10.6. The molecule has 0 amide bonds. The number of aliphatic imine (C=N–C) groups is 1. The van der Waals surface area contributed by atoms with Crippen LogP contribution in [0.1, 0.15) is 15.9 Å². The van der Waals surface area contributed by atoms with Crippen molar-refractivity contribution in [2.75, 3.05) is 7.11 Å². The number of methoxy groups -OCH3 is 1. The molecule has 0 unspecified atom stereocenters. The maximum Gasteiger partial charge on any atom is 1.00 e. The Morgan fingerprint density at radius 2 is 1.77 bits per heavy atom. The minimum absolute atomic E-state index is 0. The van der Waals surface area contributed by atoms with Crippen LogP contribution in [0.25, 0.3) is 21.9 Å². The summed E-state index contributed by atoms with van der Waals surface area (Å²) in [6, 6.07) is 7.29. The van der Waals surface area contributed by atoms with E-state index >= 15 is 0 Å². The van der Waals surface area contributed by atoms with Crippen LogP contribution < -0.4 is 74.1 Å². The third-order valence-electron chi connectivity index (χ3n) is 4.31. The predicted molar refractivity (Wildman–Crippen MR) is 105 cm³/mol. The number of halogens is 2. The van der Waals surface area contributed by atoms with Gasteiger partial charge in [0.05, 0.1) is 23.1 Å². The zero-order valence-corrected chi connectivity index (χ0v) is 22.2. The average molecular weight is 475 g/mol. The molecule has 0 aliphatic rings. The molecule has 7 nitrogen and oxygen atoms in total. The third-order valence-corrected chi connectivity index (χ3v) is 4.86. The molecule has 0 atom stereocenters. The van der Waals surface area contributed by atoms with Crippen molar-refractivity contribution in [2.24, 2.45) is 4.99 Å². The molecule has 2 heterocycles. The fourth-order valence-corrected chi connectivity index (χ4v) is 3.44. The summed E-state index contributed by atoms with van der Waals surface area (Å²) >= 11 is 12.1. The number of carbonyl (C=O) groups excluding carboxylic acids is 1. The van der Waals surface area contributed by atoms with Crippen molar-refractivity contribution in [1.82, 2.24) is 4.98 Å². The summed E-state index contributed by atoms with van der Waals surface area (Å²) < 4.78 is 11.1.